The summed E-state index contributed by atoms with van der Waals surface area (Å²) in [4.78, 5) is 30.3. The molecule has 0 aliphatic carbocycles. The van der Waals surface area contributed by atoms with Crippen molar-refractivity contribution >= 4 is 118 Å². The molecule has 0 amide bonds. The maximum Gasteiger partial charge on any atom is 0.143 e. The van der Waals surface area contributed by atoms with Gasteiger partial charge in [0.25, 0.3) is 0 Å². The van der Waals surface area contributed by atoms with Crippen LogP contribution in [0.15, 0.2) is 85.2 Å². The van der Waals surface area contributed by atoms with Crippen LogP contribution in [0.3, 0.4) is 0 Å². The Morgan fingerprint density at radius 3 is 1.53 bits per heavy atom. The molecule has 17 heteroatoms. The molecule has 5 N–H and O–H groups in total. The van der Waals surface area contributed by atoms with E-state index in [0.717, 1.165) is 164 Å². The number of nitrogens with zero attached hydrogens (tertiary/aromatic N) is 8. The monoisotopic (exact) mass is 1190 g/mol. The van der Waals surface area contributed by atoms with E-state index in [2.05, 4.69) is 168 Å². The topological polar surface area (TPSA) is 133 Å². The number of aromatic nitrogens is 4. The first-order valence-corrected chi connectivity index (χ1v) is 29.1. The van der Waals surface area contributed by atoms with Crippen molar-refractivity contribution < 1.29 is 9.47 Å². The normalized spacial score (nSPS) is 17.7. The summed E-state index contributed by atoms with van der Waals surface area (Å²) in [5.74, 6) is 2.98. The number of piperidine rings is 2. The number of piperazine rings is 2. The van der Waals surface area contributed by atoms with Gasteiger partial charge in [0.1, 0.15) is 22.8 Å². The quantitative estimate of drug-likeness (QED) is 0.0767. The van der Waals surface area contributed by atoms with Gasteiger partial charge in [0.2, 0.25) is 0 Å². The van der Waals surface area contributed by atoms with Crippen LogP contribution in [0.1, 0.15) is 36.8 Å². The number of H-pyrrole nitrogens is 2. The summed E-state index contributed by atoms with van der Waals surface area (Å²) in [7, 11) is 8.74. The predicted octanol–water partition coefficient (Wildman–Crippen LogP) is 11.9. The first-order valence-electron chi connectivity index (χ1n) is 27.3. The van der Waals surface area contributed by atoms with Crippen LogP contribution in [0.2, 0.25) is 10.0 Å². The Balaban J connectivity index is 0.000000146. The third-order valence-corrected chi connectivity index (χ3v) is 17.3. The molecule has 12 rings (SSSR count). The van der Waals surface area contributed by atoms with Crippen LogP contribution in [0, 0.1) is 29.3 Å². The smallest absolute Gasteiger partial charge is 0.143 e. The Bertz CT molecular complexity index is 3300. The minimum absolute atomic E-state index is 0.581. The van der Waals surface area contributed by atoms with E-state index in [0.29, 0.717) is 21.9 Å². The molecule has 0 spiro atoms. The van der Waals surface area contributed by atoms with Gasteiger partial charge in [-0.1, -0.05) is 23.2 Å². The Kier molecular flexibility index (Phi) is 17.7. The van der Waals surface area contributed by atoms with Gasteiger partial charge in [-0.15, -0.1) is 0 Å². The fourth-order valence-corrected chi connectivity index (χ4v) is 12.3. The van der Waals surface area contributed by atoms with Crippen molar-refractivity contribution in [1.29, 1.82) is 0 Å². The lowest BCUT2D eigenvalue weighted by Crippen LogP contribution is -2.44. The molecule has 14 nitrogen and oxygen atoms in total. The van der Waals surface area contributed by atoms with Crippen LogP contribution in [0.5, 0.6) is 11.5 Å². The number of pyridine rings is 2. The first kappa shape index (κ1) is 55.1. The summed E-state index contributed by atoms with van der Waals surface area (Å²) < 4.78 is 13.8. The molecule has 408 valence electrons. The van der Waals surface area contributed by atoms with Crippen LogP contribution in [-0.4, -0.2) is 159 Å². The van der Waals surface area contributed by atoms with Gasteiger partial charge < -0.3 is 59.9 Å². The second kappa shape index (κ2) is 24.8. The van der Waals surface area contributed by atoms with E-state index < -0.39 is 0 Å². The molecule has 0 atom stereocenters. The Morgan fingerprint density at radius 2 is 1.03 bits per heavy atom. The predicted molar refractivity (Wildman–Crippen MR) is 331 cm³/mol. The number of likely N-dealkylation sites (N-methyl/N-ethyl adjacent to an activating group) is 2. The van der Waals surface area contributed by atoms with E-state index in [4.69, 9.17) is 38.4 Å². The molecule has 0 radical (unpaired) electrons. The SMILES string of the molecule is CN1CCC(COc2ccc(I)c3c2[nH]c2ncc(Cl)cc23)CC1.Cc1cc(N)ccc1N1CCN(C)CC1.Cc1cc(Nc2ccc(OCC3CCN(C)CC3)c3[nH]c4ncc(Cl)cc4c23)ccc1N1CCN(C)CC1. The van der Waals surface area contributed by atoms with Crippen LogP contribution in [0.4, 0.5) is 28.4 Å². The number of benzene rings is 4. The summed E-state index contributed by atoms with van der Waals surface area (Å²) in [5, 5.41) is 9.18. The molecular formula is C60H75Cl2IN12O2. The van der Waals surface area contributed by atoms with Gasteiger partial charge in [0, 0.05) is 118 Å². The molecule has 4 aliphatic heterocycles. The van der Waals surface area contributed by atoms with Crippen molar-refractivity contribution in [1.82, 2.24) is 39.5 Å². The Hall–Kier alpha value is -5.27. The highest BCUT2D eigenvalue weighted by atomic mass is 127. The largest absolute Gasteiger partial charge is 0.491 e. The lowest BCUT2D eigenvalue weighted by molar-refractivity contribution is 0.161. The van der Waals surface area contributed by atoms with Gasteiger partial charge in [0.15, 0.2) is 0 Å². The van der Waals surface area contributed by atoms with Gasteiger partial charge in [-0.25, -0.2) is 9.97 Å². The number of rotatable bonds is 10. The molecule has 4 aromatic heterocycles. The highest BCUT2D eigenvalue weighted by Crippen LogP contribution is 2.40. The van der Waals surface area contributed by atoms with Crippen molar-refractivity contribution in [3.63, 3.8) is 0 Å². The first-order chi connectivity index (χ1) is 37.2. The molecule has 0 saturated carbocycles. The zero-order valence-electron chi connectivity index (χ0n) is 45.6. The summed E-state index contributed by atoms with van der Waals surface area (Å²) in [5.41, 5.74) is 17.5. The number of fused-ring (bicyclic) bond motifs is 6. The fourth-order valence-electron chi connectivity index (χ4n) is 11.2. The van der Waals surface area contributed by atoms with E-state index in [9.17, 15) is 0 Å². The third kappa shape index (κ3) is 13.3. The summed E-state index contributed by atoms with van der Waals surface area (Å²) in [6.45, 7) is 19.2. The second-order valence-electron chi connectivity index (χ2n) is 21.9. The number of nitrogens with one attached hydrogen (secondary N) is 3. The fraction of sp³-hybridized carbons (Fsp3) is 0.433. The number of ether oxygens (including phenoxy) is 2. The van der Waals surface area contributed by atoms with E-state index in [1.165, 1.54) is 51.8 Å². The Labute approximate surface area is 477 Å². The minimum Gasteiger partial charge on any atom is -0.491 e. The highest BCUT2D eigenvalue weighted by Gasteiger charge is 2.23. The van der Waals surface area contributed by atoms with Crippen molar-refractivity contribution in [2.45, 2.75) is 39.5 Å². The van der Waals surface area contributed by atoms with Gasteiger partial charge in [-0.05, 0) is 212 Å². The lowest BCUT2D eigenvalue weighted by atomic mass is 9.98. The summed E-state index contributed by atoms with van der Waals surface area (Å²) in [6, 6.07) is 25.1. The van der Waals surface area contributed by atoms with Crippen LogP contribution < -0.4 is 30.3 Å². The maximum atomic E-state index is 6.42. The number of nitrogens with two attached hydrogens (primary N) is 1. The van der Waals surface area contributed by atoms with Crippen LogP contribution in [0.25, 0.3) is 43.9 Å². The number of hydrogen-bond acceptors (Lipinski definition) is 12. The van der Waals surface area contributed by atoms with Crippen molar-refractivity contribution in [3.8, 4) is 11.5 Å². The van der Waals surface area contributed by atoms with Gasteiger partial charge in [0.05, 0.1) is 34.3 Å². The van der Waals surface area contributed by atoms with Crippen molar-refractivity contribution in [3.05, 3.63) is 110 Å². The number of nitrogen functional groups attached to an aromatic ring is 1. The molecule has 4 fully saturated rings. The third-order valence-electron chi connectivity index (χ3n) is 16.0. The second-order valence-corrected chi connectivity index (χ2v) is 23.9. The molecular weight excluding hydrogens is 1120 g/mol. The standard InChI is InChI=1S/C30H37ClN6O.C18H19ClIN3O.C12H19N3/c1-20-16-23(4-6-26(20)37-14-12-36(3)13-15-37)33-25-5-7-27(38-19-21-8-10-35(2)11-9-21)29-28(25)24-17-22(31)18-32-30(24)34-29;1-23-6-4-11(5-7-23)10-24-15-3-2-14(20)16-13-8-12(19)9-21-18(13)22-17(15)16;1-10-9-11(13)3-4-12(10)15-7-5-14(2)6-8-15/h4-7,16-18,21,33H,8-15,19H2,1-3H3,(H,32,34);2-3,8-9,11H,4-7,10H2,1H3,(H,21,22);3-4,9H,5-8,13H2,1-2H3. The minimum atomic E-state index is 0.581. The molecule has 4 aliphatic rings. The number of likely N-dealkylation sites (tertiary alicyclic amines) is 2. The summed E-state index contributed by atoms with van der Waals surface area (Å²) >= 11 is 14.9. The molecule has 77 heavy (non-hydrogen) atoms. The van der Waals surface area contributed by atoms with E-state index in [1.54, 1.807) is 12.4 Å². The molecule has 4 saturated heterocycles. The molecule has 0 unspecified atom stereocenters. The molecule has 4 aromatic carbocycles. The number of aromatic amines is 2. The number of aryl methyl sites for hydroxylation is 2. The average molecular weight is 1190 g/mol. The number of halogens is 3. The zero-order chi connectivity index (χ0) is 53.7. The van der Waals surface area contributed by atoms with Gasteiger partial charge in [-0.2, -0.15) is 0 Å². The van der Waals surface area contributed by atoms with Gasteiger partial charge >= 0.3 is 0 Å². The molecule has 8 heterocycles. The highest BCUT2D eigenvalue weighted by molar-refractivity contribution is 14.1. The van der Waals surface area contributed by atoms with E-state index >= 15 is 0 Å². The number of hydrogen-bond donors (Lipinski definition) is 4. The van der Waals surface area contributed by atoms with Crippen molar-refractivity contribution in [2.24, 2.45) is 11.8 Å². The average Bonchev–Trinajstić information content (AvgIpc) is 4.03. The zero-order valence-corrected chi connectivity index (χ0v) is 49.2. The van der Waals surface area contributed by atoms with E-state index in [-0.39, 0.29) is 0 Å². The molecule has 0 bridgehead atoms. The number of anilines is 5. The van der Waals surface area contributed by atoms with Crippen LogP contribution in [-0.2, 0) is 0 Å². The summed E-state index contributed by atoms with van der Waals surface area (Å²) in [6.07, 6.45) is 8.11. The maximum absolute atomic E-state index is 6.42. The van der Waals surface area contributed by atoms with Crippen LogP contribution >= 0.6 is 45.8 Å². The van der Waals surface area contributed by atoms with Crippen molar-refractivity contribution in [2.75, 3.05) is 141 Å². The lowest BCUT2D eigenvalue weighted by Gasteiger charge is -2.35. The Morgan fingerprint density at radius 1 is 0.571 bits per heavy atom. The van der Waals surface area contributed by atoms with Gasteiger partial charge in [-0.3, -0.25) is 0 Å². The molecule has 8 aromatic rings. The van der Waals surface area contributed by atoms with E-state index in [1.807, 2.05) is 24.3 Å².